The van der Waals surface area contributed by atoms with Gasteiger partial charge in [-0.15, -0.1) is 0 Å². The Morgan fingerprint density at radius 1 is 0.154 bits per heavy atom. The Morgan fingerprint density at radius 3 is 0.338 bits per heavy atom. The number of allylic oxidation sites excluding steroid dienone is 12. The van der Waals surface area contributed by atoms with Gasteiger partial charge in [0.15, 0.2) is 0 Å². The average Bonchev–Trinajstić information content (AvgIpc) is 3.32. The first-order valence-electron chi connectivity index (χ1n) is 26.9. The van der Waals surface area contributed by atoms with Crippen LogP contribution in [0.5, 0.6) is 0 Å². The number of hydrogen-bond donors (Lipinski definition) is 0. The predicted octanol–water partition coefficient (Wildman–Crippen LogP) is 21.7. The maximum absolute atomic E-state index is 4.24. The van der Waals surface area contributed by atoms with E-state index in [1.54, 1.807) is 35.5 Å². The van der Waals surface area contributed by atoms with E-state index in [0.29, 0.717) is 0 Å². The normalized spacial score (nSPS) is 12.2. The van der Waals surface area contributed by atoms with Crippen molar-refractivity contribution in [1.29, 1.82) is 0 Å². The first kappa shape index (κ1) is 65.9. The van der Waals surface area contributed by atoms with Crippen molar-refractivity contribution in [3.05, 3.63) is 152 Å². The van der Waals surface area contributed by atoms with Gasteiger partial charge in [-0.1, -0.05) is 0 Å². The van der Waals surface area contributed by atoms with Crippen LogP contribution in [0.4, 0.5) is 0 Å². The van der Waals surface area contributed by atoms with Crippen LogP contribution in [0, 0.1) is 0 Å². The molecule has 0 radical (unpaired) electrons. The van der Waals surface area contributed by atoms with Crippen LogP contribution >= 0.6 is 0 Å². The molecule has 5 heteroatoms. The molecule has 0 rings (SSSR count). The molecule has 0 aliphatic heterocycles. The molecular weight excluding hydrogens is 1310 g/mol. The molecule has 0 nitrogen and oxygen atoms in total. The summed E-state index contributed by atoms with van der Waals surface area (Å²) in [4.78, 5) is 0. The summed E-state index contributed by atoms with van der Waals surface area (Å²) in [5, 5.41) is 0. The minimum absolute atomic E-state index is 1.21. The van der Waals surface area contributed by atoms with Crippen molar-refractivity contribution >= 4 is 91.9 Å². The zero-order valence-electron chi connectivity index (χ0n) is 43.4. The number of hydrogen-bond acceptors (Lipinski definition) is 0. The SMILES string of the molecule is C=CC[CH2][Sn]([CH2]CC=C)([CH2]CC=C)[CH2]C[CH2][Sn]([CH2]C[CH2][Sn]([CH2]CC=C)([CH2]CC=C)[CH2]CC=C)([CH2]C[CH2][Sn]([CH2]CC=C)([CH2]CC=C)[CH2]CC=C)[CH2]C[CH2][Sn]([CH2]CC=C)([CH2]CC=C)[CH2]CC=C. The second kappa shape index (κ2) is 42.5. The summed E-state index contributed by atoms with van der Waals surface area (Å²) in [5.41, 5.74) is 0. The zero-order valence-corrected chi connectivity index (χ0v) is 57.6. The fourth-order valence-electron chi connectivity index (χ4n) is 12.0. The van der Waals surface area contributed by atoms with Crippen LogP contribution in [-0.2, 0) is 0 Å². The van der Waals surface area contributed by atoms with Crippen LogP contribution in [0.15, 0.2) is 152 Å². The summed E-state index contributed by atoms with van der Waals surface area (Å²) in [5.74, 6) is 0. The Kier molecular flexibility index (Phi) is 43.1. The fourth-order valence-corrected chi connectivity index (χ4v) is 94.1. The van der Waals surface area contributed by atoms with Crippen LogP contribution in [-0.4, -0.2) is 91.9 Å². The summed E-state index contributed by atoms with van der Waals surface area (Å²) in [6.45, 7) is 50.9. The third kappa shape index (κ3) is 29.7. The van der Waals surface area contributed by atoms with E-state index < -0.39 is 91.9 Å². The molecule has 0 aromatic heterocycles. The van der Waals surface area contributed by atoms with Gasteiger partial charge in [0.25, 0.3) is 0 Å². The van der Waals surface area contributed by atoms with Gasteiger partial charge >= 0.3 is 435 Å². The monoisotopic (exact) mass is 1430 g/mol. The van der Waals surface area contributed by atoms with E-state index in [4.69, 9.17) is 0 Å². The van der Waals surface area contributed by atoms with Crippen molar-refractivity contribution in [3.8, 4) is 0 Å². The van der Waals surface area contributed by atoms with Gasteiger partial charge in [-0.2, -0.15) is 0 Å². The molecule has 0 aliphatic carbocycles. The quantitative estimate of drug-likeness (QED) is 0.0421. The van der Waals surface area contributed by atoms with Gasteiger partial charge in [0.1, 0.15) is 0 Å². The minimum atomic E-state index is -2.75. The molecule has 0 fully saturated rings. The molecule has 0 saturated heterocycles. The van der Waals surface area contributed by atoms with Crippen molar-refractivity contribution in [3.63, 3.8) is 0 Å². The van der Waals surface area contributed by atoms with Gasteiger partial charge in [0, 0.05) is 0 Å². The van der Waals surface area contributed by atoms with Crippen LogP contribution in [0.25, 0.3) is 0 Å². The van der Waals surface area contributed by atoms with Gasteiger partial charge in [0.05, 0.1) is 0 Å². The second-order valence-corrected chi connectivity index (χ2v) is 92.2. The van der Waals surface area contributed by atoms with E-state index in [2.05, 4.69) is 152 Å². The first-order chi connectivity index (χ1) is 31.6. The van der Waals surface area contributed by atoms with Crippen molar-refractivity contribution in [1.82, 2.24) is 0 Å². The van der Waals surface area contributed by atoms with Gasteiger partial charge in [-0.3, -0.25) is 0 Å². The molecule has 0 aromatic rings. The van der Waals surface area contributed by atoms with E-state index in [1.165, 1.54) is 156 Å². The van der Waals surface area contributed by atoms with Crippen LogP contribution in [0.2, 0.25) is 88.7 Å². The summed E-state index contributed by atoms with van der Waals surface area (Å²) in [7, 11) is 0. The van der Waals surface area contributed by atoms with E-state index >= 15 is 0 Å². The van der Waals surface area contributed by atoms with Crippen LogP contribution in [0.3, 0.4) is 0 Å². The van der Waals surface area contributed by atoms with Gasteiger partial charge in [0.2, 0.25) is 0 Å². The standard InChI is InChI=1S/12C4H7.4C3H6.5Sn/c12*1-3-4-2;4*1-3-2;;;;;/h12*3H,1-2,4H2;4*1-3H2;;;;;. The predicted molar refractivity (Wildman–Crippen MR) is 321 cm³/mol. The molecule has 0 bridgehead atoms. The summed E-state index contributed by atoms with van der Waals surface area (Å²) >= 11 is -12.6. The Morgan fingerprint density at radius 2 is 0.246 bits per heavy atom. The molecule has 65 heavy (non-hydrogen) atoms. The van der Waals surface area contributed by atoms with E-state index in [9.17, 15) is 0 Å². The Balaban J connectivity index is 7.64. The molecule has 0 spiro atoms. The molecule has 0 heterocycles. The van der Waals surface area contributed by atoms with Crippen LogP contribution < -0.4 is 0 Å². The van der Waals surface area contributed by atoms with Crippen molar-refractivity contribution in [2.24, 2.45) is 0 Å². The van der Waals surface area contributed by atoms with Crippen LogP contribution in [0.1, 0.15) is 103 Å². The summed E-state index contributed by atoms with van der Waals surface area (Å²) in [6, 6.07) is 0. The topological polar surface area (TPSA) is 0 Å². The van der Waals surface area contributed by atoms with Gasteiger partial charge in [-0.25, -0.2) is 0 Å². The molecule has 0 aromatic carbocycles. The van der Waals surface area contributed by atoms with Gasteiger partial charge in [-0.05, 0) is 0 Å². The molecule has 368 valence electrons. The third-order valence-corrected chi connectivity index (χ3v) is 94.7. The molecule has 0 aliphatic rings. The maximum atomic E-state index is 4.24. The second-order valence-electron chi connectivity index (χ2n) is 20.8. The van der Waals surface area contributed by atoms with E-state index in [-0.39, 0.29) is 0 Å². The zero-order chi connectivity index (χ0) is 48.4. The molecule has 0 atom stereocenters. The Labute approximate surface area is 429 Å². The van der Waals surface area contributed by atoms with Crippen molar-refractivity contribution in [2.45, 2.75) is 191 Å². The first-order valence-corrected chi connectivity index (χ1v) is 67.2. The molecule has 0 saturated carbocycles. The van der Waals surface area contributed by atoms with E-state index in [1.807, 2.05) is 0 Å². The van der Waals surface area contributed by atoms with Crippen molar-refractivity contribution in [2.75, 3.05) is 0 Å². The molecule has 0 unspecified atom stereocenters. The summed E-state index contributed by atoms with van der Waals surface area (Å²) in [6.07, 6.45) is 47.3. The molecule has 0 amide bonds. The summed E-state index contributed by atoms with van der Waals surface area (Å²) < 4.78 is 30.5. The average molecular weight is 1420 g/mol. The fraction of sp³-hybridized carbons (Fsp3) is 0.600. The molecule has 0 N–H and O–H groups in total. The van der Waals surface area contributed by atoms with E-state index in [0.717, 1.165) is 0 Å². The third-order valence-electron chi connectivity index (χ3n) is 16.2. The van der Waals surface area contributed by atoms with Gasteiger partial charge < -0.3 is 0 Å². The molecular formula is C60H108Sn5. The number of rotatable bonds is 52. The Bertz CT molecular complexity index is 1020. The Hall–Kier alpha value is 0.874. The van der Waals surface area contributed by atoms with Crippen molar-refractivity contribution < 1.29 is 0 Å².